The van der Waals surface area contributed by atoms with Crippen LogP contribution < -0.4 is 5.73 Å². The number of hydrogen-bond donors (Lipinski definition) is 2. The fourth-order valence-corrected chi connectivity index (χ4v) is 3.08. The standard InChI is InChI=1S/C16H18N2OS/c1-10-4-5-11(2)15(8-10)20-13-6-7-14(12(3)9-13)16(17)18-19/h4-9,19H,1-3H3,(H2,17,18). The second kappa shape index (κ2) is 6.01. The monoisotopic (exact) mass is 286 g/mol. The molecule has 0 aromatic heterocycles. The molecule has 2 rings (SSSR count). The van der Waals surface area contributed by atoms with Crippen molar-refractivity contribution in [1.29, 1.82) is 0 Å². The summed E-state index contributed by atoms with van der Waals surface area (Å²) < 4.78 is 0. The van der Waals surface area contributed by atoms with Gasteiger partial charge >= 0.3 is 0 Å². The molecule has 0 heterocycles. The van der Waals surface area contributed by atoms with Crippen LogP contribution in [-0.2, 0) is 0 Å². The van der Waals surface area contributed by atoms with Crippen LogP contribution in [0.2, 0.25) is 0 Å². The van der Waals surface area contributed by atoms with Crippen LogP contribution in [0.1, 0.15) is 22.3 Å². The van der Waals surface area contributed by atoms with Crippen molar-refractivity contribution in [2.75, 3.05) is 0 Å². The van der Waals surface area contributed by atoms with Gasteiger partial charge in [-0.05, 0) is 61.7 Å². The molecule has 3 N–H and O–H groups in total. The zero-order chi connectivity index (χ0) is 14.7. The number of hydrogen-bond acceptors (Lipinski definition) is 3. The Kier molecular flexibility index (Phi) is 4.35. The Morgan fingerprint density at radius 2 is 1.80 bits per heavy atom. The van der Waals surface area contributed by atoms with Gasteiger partial charge in [-0.3, -0.25) is 0 Å². The highest BCUT2D eigenvalue weighted by molar-refractivity contribution is 7.99. The molecule has 0 aliphatic heterocycles. The summed E-state index contributed by atoms with van der Waals surface area (Å²) in [5.74, 6) is 0.144. The SMILES string of the molecule is Cc1ccc(C)c(Sc2ccc(/C(N)=N/O)c(C)c2)c1. The molecular weight excluding hydrogens is 268 g/mol. The van der Waals surface area contributed by atoms with Crippen molar-refractivity contribution in [3.05, 3.63) is 58.7 Å². The highest BCUT2D eigenvalue weighted by atomic mass is 32.2. The molecule has 20 heavy (non-hydrogen) atoms. The lowest BCUT2D eigenvalue weighted by Crippen LogP contribution is -2.14. The Bertz CT molecular complexity index is 666. The number of oxime groups is 1. The Labute approximate surface area is 123 Å². The molecule has 2 aromatic rings. The number of amidine groups is 1. The van der Waals surface area contributed by atoms with Gasteiger partial charge < -0.3 is 10.9 Å². The van der Waals surface area contributed by atoms with Crippen molar-refractivity contribution in [2.24, 2.45) is 10.9 Å². The van der Waals surface area contributed by atoms with Gasteiger partial charge in [-0.1, -0.05) is 29.1 Å². The highest BCUT2D eigenvalue weighted by Crippen LogP contribution is 2.32. The molecule has 0 amide bonds. The van der Waals surface area contributed by atoms with E-state index < -0.39 is 0 Å². The van der Waals surface area contributed by atoms with Gasteiger partial charge in [0.05, 0.1) is 0 Å². The third kappa shape index (κ3) is 3.14. The van der Waals surface area contributed by atoms with Crippen LogP contribution in [0.15, 0.2) is 51.3 Å². The Hall–Kier alpha value is -1.94. The lowest BCUT2D eigenvalue weighted by molar-refractivity contribution is 0.318. The van der Waals surface area contributed by atoms with Gasteiger partial charge in [-0.15, -0.1) is 0 Å². The first-order valence-electron chi connectivity index (χ1n) is 6.35. The first-order valence-corrected chi connectivity index (χ1v) is 7.16. The summed E-state index contributed by atoms with van der Waals surface area (Å²) in [5.41, 5.74) is 9.91. The molecule has 2 aromatic carbocycles. The fraction of sp³-hybridized carbons (Fsp3) is 0.188. The third-order valence-electron chi connectivity index (χ3n) is 3.15. The lowest BCUT2D eigenvalue weighted by Gasteiger charge is -2.09. The van der Waals surface area contributed by atoms with E-state index in [0.29, 0.717) is 0 Å². The smallest absolute Gasteiger partial charge is 0.170 e. The lowest BCUT2D eigenvalue weighted by atomic mass is 10.1. The molecule has 3 nitrogen and oxygen atoms in total. The quantitative estimate of drug-likeness (QED) is 0.390. The normalized spacial score (nSPS) is 11.7. The molecule has 0 spiro atoms. The van der Waals surface area contributed by atoms with Gasteiger partial charge in [-0.2, -0.15) is 0 Å². The summed E-state index contributed by atoms with van der Waals surface area (Å²) in [6.07, 6.45) is 0. The minimum absolute atomic E-state index is 0.144. The molecule has 0 aliphatic rings. The van der Waals surface area contributed by atoms with Gasteiger partial charge in [-0.25, -0.2) is 0 Å². The van der Waals surface area contributed by atoms with E-state index in [9.17, 15) is 0 Å². The summed E-state index contributed by atoms with van der Waals surface area (Å²) in [5, 5.41) is 11.8. The largest absolute Gasteiger partial charge is 0.409 e. The molecule has 0 bridgehead atoms. The molecule has 104 valence electrons. The minimum atomic E-state index is 0.144. The van der Waals surface area contributed by atoms with Crippen LogP contribution in [0.3, 0.4) is 0 Å². The zero-order valence-electron chi connectivity index (χ0n) is 11.8. The number of rotatable bonds is 3. The van der Waals surface area contributed by atoms with E-state index in [2.05, 4.69) is 43.3 Å². The van der Waals surface area contributed by atoms with Crippen LogP contribution >= 0.6 is 11.8 Å². The maximum atomic E-state index is 8.74. The van der Waals surface area contributed by atoms with E-state index in [0.717, 1.165) is 16.0 Å². The van der Waals surface area contributed by atoms with Crippen LogP contribution in [0, 0.1) is 20.8 Å². The summed E-state index contributed by atoms with van der Waals surface area (Å²) in [6.45, 7) is 6.16. The first-order chi connectivity index (χ1) is 9.51. The van der Waals surface area contributed by atoms with E-state index in [1.165, 1.54) is 16.0 Å². The van der Waals surface area contributed by atoms with Crippen molar-refractivity contribution in [3.8, 4) is 0 Å². The molecule has 0 saturated heterocycles. The fourth-order valence-electron chi connectivity index (χ4n) is 1.99. The summed E-state index contributed by atoms with van der Waals surface area (Å²) >= 11 is 1.73. The van der Waals surface area contributed by atoms with Gasteiger partial charge in [0, 0.05) is 15.4 Å². The van der Waals surface area contributed by atoms with Crippen molar-refractivity contribution in [2.45, 2.75) is 30.6 Å². The molecule has 0 atom stereocenters. The van der Waals surface area contributed by atoms with Crippen molar-refractivity contribution in [3.63, 3.8) is 0 Å². The Morgan fingerprint density at radius 1 is 1.05 bits per heavy atom. The van der Waals surface area contributed by atoms with Crippen LogP contribution in [0.25, 0.3) is 0 Å². The van der Waals surface area contributed by atoms with Crippen molar-refractivity contribution >= 4 is 17.6 Å². The molecule has 0 radical (unpaired) electrons. The number of benzene rings is 2. The molecule has 0 saturated carbocycles. The topological polar surface area (TPSA) is 58.6 Å². The summed E-state index contributed by atoms with van der Waals surface area (Å²) in [7, 11) is 0. The molecule has 4 heteroatoms. The van der Waals surface area contributed by atoms with Crippen LogP contribution in [0.4, 0.5) is 0 Å². The predicted octanol–water partition coefficient (Wildman–Crippen LogP) is 3.86. The molecule has 0 unspecified atom stereocenters. The predicted molar refractivity (Wildman–Crippen MR) is 83.7 cm³/mol. The van der Waals surface area contributed by atoms with Crippen molar-refractivity contribution in [1.82, 2.24) is 0 Å². The zero-order valence-corrected chi connectivity index (χ0v) is 12.7. The Morgan fingerprint density at radius 3 is 2.45 bits per heavy atom. The van der Waals surface area contributed by atoms with E-state index >= 15 is 0 Å². The van der Waals surface area contributed by atoms with Gasteiger partial charge in [0.1, 0.15) is 0 Å². The summed E-state index contributed by atoms with van der Waals surface area (Å²) in [4.78, 5) is 2.40. The first kappa shape index (κ1) is 14.5. The van der Waals surface area contributed by atoms with Gasteiger partial charge in [0.15, 0.2) is 5.84 Å². The third-order valence-corrected chi connectivity index (χ3v) is 4.30. The molecule has 0 aliphatic carbocycles. The van der Waals surface area contributed by atoms with Gasteiger partial charge in [0.2, 0.25) is 0 Å². The number of nitrogens with two attached hydrogens (primary N) is 1. The van der Waals surface area contributed by atoms with E-state index in [4.69, 9.17) is 10.9 Å². The Balaban J connectivity index is 2.31. The van der Waals surface area contributed by atoms with Crippen molar-refractivity contribution < 1.29 is 5.21 Å². The van der Waals surface area contributed by atoms with Crippen LogP contribution in [-0.4, -0.2) is 11.0 Å². The molecular formula is C16H18N2OS. The maximum absolute atomic E-state index is 8.74. The number of aryl methyl sites for hydroxylation is 3. The second-order valence-electron chi connectivity index (χ2n) is 4.83. The summed E-state index contributed by atoms with van der Waals surface area (Å²) in [6, 6.07) is 12.4. The highest BCUT2D eigenvalue weighted by Gasteiger charge is 2.07. The maximum Gasteiger partial charge on any atom is 0.170 e. The van der Waals surface area contributed by atoms with E-state index in [1.54, 1.807) is 11.8 Å². The minimum Gasteiger partial charge on any atom is -0.409 e. The molecule has 0 fully saturated rings. The average molecular weight is 286 g/mol. The second-order valence-corrected chi connectivity index (χ2v) is 5.95. The number of nitrogens with zero attached hydrogens (tertiary/aromatic N) is 1. The van der Waals surface area contributed by atoms with Gasteiger partial charge in [0.25, 0.3) is 0 Å². The van der Waals surface area contributed by atoms with E-state index in [-0.39, 0.29) is 5.84 Å². The average Bonchev–Trinajstić information content (AvgIpc) is 2.42. The van der Waals surface area contributed by atoms with E-state index in [1.807, 2.05) is 19.1 Å². The van der Waals surface area contributed by atoms with Crippen LogP contribution in [0.5, 0.6) is 0 Å².